The number of nitrogens with zero attached hydrogens (tertiary/aromatic N) is 4. The van der Waals surface area contributed by atoms with Crippen LogP contribution >= 0.6 is 0 Å². The van der Waals surface area contributed by atoms with Gasteiger partial charge in [-0.05, 0) is 33.5 Å². The molecule has 0 aliphatic rings. The second kappa shape index (κ2) is 5.09. The minimum absolute atomic E-state index is 0.408. The Labute approximate surface area is 101 Å². The van der Waals surface area contributed by atoms with Crippen LogP contribution in [0.2, 0.25) is 0 Å². The average Bonchev–Trinajstić information content (AvgIpc) is 2.23. The molecule has 1 rings (SSSR count). The molecule has 0 saturated carbocycles. The minimum Gasteiger partial charge on any atom is -0.465 e. The van der Waals surface area contributed by atoms with Crippen molar-refractivity contribution >= 4 is 6.09 Å². The topological polar surface area (TPSA) is 69.6 Å². The summed E-state index contributed by atoms with van der Waals surface area (Å²) in [6, 6.07) is 0. The Kier molecular flexibility index (Phi) is 4.01. The number of carbonyl (C=O) groups is 1. The van der Waals surface area contributed by atoms with Gasteiger partial charge in [0.25, 0.3) is 0 Å². The third kappa shape index (κ3) is 2.71. The van der Waals surface area contributed by atoms with Crippen molar-refractivity contribution in [3.8, 4) is 0 Å². The highest BCUT2D eigenvalue weighted by Crippen LogP contribution is 2.23. The molecule has 0 saturated heterocycles. The van der Waals surface area contributed by atoms with Crippen molar-refractivity contribution in [1.29, 1.82) is 0 Å². The van der Waals surface area contributed by atoms with Crippen LogP contribution in [0.3, 0.4) is 0 Å². The molecule has 6 heteroatoms. The third-order valence-electron chi connectivity index (χ3n) is 2.78. The van der Waals surface area contributed by atoms with Crippen LogP contribution in [0.15, 0.2) is 6.33 Å². The van der Waals surface area contributed by atoms with E-state index in [1.165, 1.54) is 18.3 Å². The molecule has 17 heavy (non-hydrogen) atoms. The first kappa shape index (κ1) is 13.4. The highest BCUT2D eigenvalue weighted by atomic mass is 16.4. The number of aromatic nitrogens is 2. The van der Waals surface area contributed by atoms with Crippen LogP contribution in [0.1, 0.15) is 23.1 Å². The lowest BCUT2D eigenvalue weighted by Gasteiger charge is -2.31. The van der Waals surface area contributed by atoms with E-state index in [9.17, 15) is 4.79 Å². The van der Waals surface area contributed by atoms with Gasteiger partial charge in [0.15, 0.2) is 0 Å². The maximum atomic E-state index is 11.1. The van der Waals surface area contributed by atoms with Gasteiger partial charge in [-0.3, -0.25) is 9.80 Å². The predicted molar refractivity (Wildman–Crippen MR) is 63.7 cm³/mol. The first-order chi connectivity index (χ1) is 7.86. The number of hydrogen-bond donors (Lipinski definition) is 1. The van der Waals surface area contributed by atoms with Gasteiger partial charge in [0.1, 0.15) is 12.5 Å². The van der Waals surface area contributed by atoms with E-state index in [1.807, 2.05) is 32.8 Å². The fourth-order valence-electron chi connectivity index (χ4n) is 1.70. The fourth-order valence-corrected chi connectivity index (χ4v) is 1.70. The van der Waals surface area contributed by atoms with Gasteiger partial charge in [0.2, 0.25) is 0 Å². The lowest BCUT2D eigenvalue weighted by Crippen LogP contribution is -2.39. The van der Waals surface area contributed by atoms with Crippen molar-refractivity contribution in [2.75, 3.05) is 21.1 Å². The molecule has 0 aliphatic carbocycles. The van der Waals surface area contributed by atoms with Crippen LogP contribution < -0.4 is 0 Å². The molecule has 1 amide bonds. The molecule has 0 radical (unpaired) electrons. The predicted octanol–water partition coefficient (Wildman–Crippen LogP) is 1.26. The SMILES string of the molecule is Cc1ncnc(C(N(C)C)N(C)C(=O)O)c1C. The lowest BCUT2D eigenvalue weighted by atomic mass is 10.1. The zero-order chi connectivity index (χ0) is 13.2. The molecular formula is C11H18N4O2. The summed E-state index contributed by atoms with van der Waals surface area (Å²) in [7, 11) is 5.17. The average molecular weight is 238 g/mol. The first-order valence-electron chi connectivity index (χ1n) is 5.26. The first-order valence-corrected chi connectivity index (χ1v) is 5.26. The molecule has 0 fully saturated rings. The maximum Gasteiger partial charge on any atom is 0.408 e. The Balaban J connectivity index is 3.24. The number of amides is 1. The molecule has 0 aromatic carbocycles. The smallest absolute Gasteiger partial charge is 0.408 e. The van der Waals surface area contributed by atoms with Gasteiger partial charge in [-0.2, -0.15) is 0 Å². The molecule has 6 nitrogen and oxygen atoms in total. The quantitative estimate of drug-likeness (QED) is 0.803. The summed E-state index contributed by atoms with van der Waals surface area (Å²) in [6.07, 6.45) is 0.0673. The van der Waals surface area contributed by atoms with E-state index < -0.39 is 12.3 Å². The Morgan fingerprint density at radius 3 is 2.35 bits per heavy atom. The molecule has 1 N–H and O–H groups in total. The fraction of sp³-hybridized carbons (Fsp3) is 0.545. The molecule has 1 unspecified atom stereocenters. The van der Waals surface area contributed by atoms with Crippen molar-refractivity contribution in [3.05, 3.63) is 23.3 Å². The summed E-state index contributed by atoms with van der Waals surface area (Å²) >= 11 is 0. The van der Waals surface area contributed by atoms with Crippen LogP contribution in [0.25, 0.3) is 0 Å². The second-order valence-electron chi connectivity index (χ2n) is 4.20. The van der Waals surface area contributed by atoms with E-state index in [4.69, 9.17) is 5.11 Å². The third-order valence-corrected chi connectivity index (χ3v) is 2.78. The van der Waals surface area contributed by atoms with E-state index in [1.54, 1.807) is 0 Å². The Morgan fingerprint density at radius 1 is 1.29 bits per heavy atom. The molecule has 1 aromatic rings. The van der Waals surface area contributed by atoms with Crippen molar-refractivity contribution in [2.45, 2.75) is 20.0 Å². The Morgan fingerprint density at radius 2 is 1.88 bits per heavy atom. The minimum atomic E-state index is -0.987. The van der Waals surface area contributed by atoms with Crippen LogP contribution in [0.4, 0.5) is 4.79 Å². The van der Waals surface area contributed by atoms with Crippen LogP contribution in [0, 0.1) is 13.8 Å². The molecule has 1 heterocycles. The van der Waals surface area contributed by atoms with Crippen LogP contribution in [-0.4, -0.2) is 52.1 Å². The summed E-state index contributed by atoms with van der Waals surface area (Å²) in [5, 5.41) is 9.08. The molecule has 0 aliphatic heterocycles. The van der Waals surface area contributed by atoms with E-state index in [-0.39, 0.29) is 0 Å². The summed E-state index contributed by atoms with van der Waals surface area (Å²) in [5.41, 5.74) is 2.49. The van der Waals surface area contributed by atoms with E-state index in [0.29, 0.717) is 5.69 Å². The Hall–Kier alpha value is -1.69. The summed E-state index contributed by atoms with van der Waals surface area (Å²) in [5.74, 6) is 0. The summed E-state index contributed by atoms with van der Waals surface area (Å²) < 4.78 is 0. The van der Waals surface area contributed by atoms with E-state index in [0.717, 1.165) is 11.3 Å². The van der Waals surface area contributed by atoms with Gasteiger partial charge in [0.05, 0.1) is 5.69 Å². The normalized spacial score (nSPS) is 12.6. The van der Waals surface area contributed by atoms with Gasteiger partial charge in [-0.25, -0.2) is 14.8 Å². The zero-order valence-corrected chi connectivity index (χ0v) is 10.8. The number of carboxylic acid groups (broad SMARTS) is 1. The van der Waals surface area contributed by atoms with Gasteiger partial charge in [-0.15, -0.1) is 0 Å². The van der Waals surface area contributed by atoms with E-state index in [2.05, 4.69) is 9.97 Å². The molecule has 1 aromatic heterocycles. The maximum absolute atomic E-state index is 11.1. The van der Waals surface area contributed by atoms with E-state index >= 15 is 0 Å². The number of rotatable bonds is 3. The highest BCUT2D eigenvalue weighted by molar-refractivity contribution is 5.65. The molecule has 1 atom stereocenters. The van der Waals surface area contributed by atoms with Gasteiger partial charge in [0, 0.05) is 12.7 Å². The zero-order valence-electron chi connectivity index (χ0n) is 10.8. The number of hydrogen-bond acceptors (Lipinski definition) is 4. The van der Waals surface area contributed by atoms with Crippen LogP contribution in [-0.2, 0) is 0 Å². The molecule has 0 bridgehead atoms. The standard InChI is InChI=1S/C11H18N4O2/c1-7-8(2)12-6-13-9(7)10(14(3)4)15(5)11(16)17/h6,10H,1-5H3,(H,16,17). The molecule has 94 valence electrons. The van der Waals surface area contributed by atoms with Crippen molar-refractivity contribution in [2.24, 2.45) is 0 Å². The van der Waals surface area contributed by atoms with Gasteiger partial charge >= 0.3 is 6.09 Å². The summed E-state index contributed by atoms with van der Waals surface area (Å²) in [6.45, 7) is 3.78. The van der Waals surface area contributed by atoms with Crippen LogP contribution in [0.5, 0.6) is 0 Å². The monoisotopic (exact) mass is 238 g/mol. The highest BCUT2D eigenvalue weighted by Gasteiger charge is 2.26. The van der Waals surface area contributed by atoms with Gasteiger partial charge < -0.3 is 5.11 Å². The molecule has 0 spiro atoms. The van der Waals surface area contributed by atoms with Gasteiger partial charge in [-0.1, -0.05) is 0 Å². The second-order valence-corrected chi connectivity index (χ2v) is 4.20. The number of aryl methyl sites for hydroxylation is 1. The van der Waals surface area contributed by atoms with Crippen molar-refractivity contribution < 1.29 is 9.90 Å². The van der Waals surface area contributed by atoms with Crippen molar-refractivity contribution in [3.63, 3.8) is 0 Å². The summed E-state index contributed by atoms with van der Waals surface area (Å²) in [4.78, 5) is 22.4. The largest absolute Gasteiger partial charge is 0.465 e. The van der Waals surface area contributed by atoms with Crippen molar-refractivity contribution in [1.82, 2.24) is 19.8 Å². The molecular weight excluding hydrogens is 220 g/mol. The Bertz CT molecular complexity index is 420. The lowest BCUT2D eigenvalue weighted by molar-refractivity contribution is 0.0837.